The van der Waals surface area contributed by atoms with Gasteiger partial charge in [-0.2, -0.15) is 0 Å². The lowest BCUT2D eigenvalue weighted by Crippen LogP contribution is -2.06. The fourth-order valence-corrected chi connectivity index (χ4v) is 2.60. The maximum absolute atomic E-state index is 12.5. The topological polar surface area (TPSA) is 44.8 Å². The summed E-state index contributed by atoms with van der Waals surface area (Å²) in [5.41, 5.74) is 5.21. The van der Waals surface area contributed by atoms with E-state index in [4.69, 9.17) is 14.2 Å². The van der Waals surface area contributed by atoms with Crippen LogP contribution >= 0.6 is 0 Å². The molecular formula is C22H26O4. The summed E-state index contributed by atoms with van der Waals surface area (Å²) < 4.78 is 15.9. The Hall–Kier alpha value is -2.59. The molecule has 0 fully saturated rings. The minimum absolute atomic E-state index is 0.0793. The van der Waals surface area contributed by atoms with Crippen molar-refractivity contribution < 1.29 is 19.0 Å². The highest BCUT2D eigenvalue weighted by molar-refractivity contribution is 6.07. The second-order valence-electron chi connectivity index (χ2n) is 6.20. The number of rotatable bonds is 8. The van der Waals surface area contributed by atoms with Crippen molar-refractivity contribution >= 4 is 11.9 Å². The van der Waals surface area contributed by atoms with Crippen LogP contribution in [0, 0.1) is 20.8 Å². The highest BCUT2D eigenvalue weighted by Crippen LogP contribution is 2.28. The van der Waals surface area contributed by atoms with Gasteiger partial charge >= 0.3 is 0 Å². The molecule has 0 radical (unpaired) electrons. The van der Waals surface area contributed by atoms with E-state index in [0.717, 1.165) is 11.1 Å². The minimum atomic E-state index is -0.0793. The van der Waals surface area contributed by atoms with E-state index in [0.29, 0.717) is 30.3 Å². The fourth-order valence-electron chi connectivity index (χ4n) is 2.60. The molecule has 0 aliphatic rings. The lowest BCUT2D eigenvalue weighted by atomic mass is 10.00. The van der Waals surface area contributed by atoms with E-state index >= 15 is 0 Å². The van der Waals surface area contributed by atoms with E-state index in [1.165, 1.54) is 11.1 Å². The summed E-state index contributed by atoms with van der Waals surface area (Å²) >= 11 is 0. The van der Waals surface area contributed by atoms with Crippen LogP contribution in [0.1, 0.15) is 32.6 Å². The molecular weight excluding hydrogens is 328 g/mol. The van der Waals surface area contributed by atoms with Crippen LogP contribution in [0.25, 0.3) is 6.08 Å². The van der Waals surface area contributed by atoms with Gasteiger partial charge in [-0.25, -0.2) is 0 Å². The van der Waals surface area contributed by atoms with Crippen LogP contribution in [0.2, 0.25) is 0 Å². The van der Waals surface area contributed by atoms with Crippen LogP contribution in [-0.2, 0) is 4.74 Å². The third-order valence-corrected chi connectivity index (χ3v) is 4.29. The van der Waals surface area contributed by atoms with Crippen LogP contribution in [0.5, 0.6) is 11.5 Å². The van der Waals surface area contributed by atoms with E-state index in [1.807, 2.05) is 13.0 Å². The van der Waals surface area contributed by atoms with Crippen LogP contribution in [0.3, 0.4) is 0 Å². The van der Waals surface area contributed by atoms with E-state index in [9.17, 15) is 4.79 Å². The first-order valence-electron chi connectivity index (χ1n) is 8.56. The van der Waals surface area contributed by atoms with Gasteiger partial charge in [-0.15, -0.1) is 0 Å². The SMILES string of the molecule is COCCOc1ccc(C(=O)/C=C/c2cc(C)c(C)cc2C)cc1OC. The summed E-state index contributed by atoms with van der Waals surface area (Å²) in [7, 11) is 3.17. The Kier molecular flexibility index (Phi) is 6.98. The van der Waals surface area contributed by atoms with Crippen molar-refractivity contribution in [2.24, 2.45) is 0 Å². The summed E-state index contributed by atoms with van der Waals surface area (Å²) in [6.07, 6.45) is 3.46. The molecule has 2 aromatic carbocycles. The Bertz CT molecular complexity index is 806. The fraction of sp³-hybridized carbons (Fsp3) is 0.318. The van der Waals surface area contributed by atoms with Crippen molar-refractivity contribution in [3.63, 3.8) is 0 Å². The molecule has 0 aliphatic heterocycles. The molecule has 0 unspecified atom stereocenters. The number of aryl methyl sites for hydroxylation is 3. The minimum Gasteiger partial charge on any atom is -0.493 e. The lowest BCUT2D eigenvalue weighted by Gasteiger charge is -2.11. The number of carbonyl (C=O) groups is 1. The van der Waals surface area contributed by atoms with Gasteiger partial charge in [0.15, 0.2) is 17.3 Å². The molecule has 0 aliphatic carbocycles. The molecule has 0 saturated carbocycles. The highest BCUT2D eigenvalue weighted by atomic mass is 16.5. The van der Waals surface area contributed by atoms with E-state index < -0.39 is 0 Å². The molecule has 0 saturated heterocycles. The second-order valence-corrected chi connectivity index (χ2v) is 6.20. The molecule has 4 nitrogen and oxygen atoms in total. The monoisotopic (exact) mass is 354 g/mol. The Morgan fingerprint density at radius 2 is 1.65 bits per heavy atom. The number of methoxy groups -OCH3 is 2. The summed E-state index contributed by atoms with van der Waals surface area (Å²) in [5.74, 6) is 1.04. The van der Waals surface area contributed by atoms with Gasteiger partial charge in [0.2, 0.25) is 0 Å². The first kappa shape index (κ1) is 19.7. The van der Waals surface area contributed by atoms with Gasteiger partial charge < -0.3 is 14.2 Å². The molecule has 4 heteroatoms. The van der Waals surface area contributed by atoms with Gasteiger partial charge in [0.05, 0.1) is 13.7 Å². The number of benzene rings is 2. The zero-order valence-electron chi connectivity index (χ0n) is 16.1. The molecule has 0 N–H and O–H groups in total. The molecule has 0 bridgehead atoms. The molecule has 138 valence electrons. The normalized spacial score (nSPS) is 11.0. The predicted molar refractivity (Wildman–Crippen MR) is 104 cm³/mol. The number of ketones is 1. The van der Waals surface area contributed by atoms with Crippen molar-refractivity contribution in [2.75, 3.05) is 27.4 Å². The van der Waals surface area contributed by atoms with Gasteiger partial charge in [0.1, 0.15) is 6.61 Å². The van der Waals surface area contributed by atoms with Gasteiger partial charge in [0.25, 0.3) is 0 Å². The third kappa shape index (κ3) is 4.96. The number of hydrogen-bond acceptors (Lipinski definition) is 4. The Morgan fingerprint density at radius 3 is 2.35 bits per heavy atom. The molecule has 0 heterocycles. The van der Waals surface area contributed by atoms with Gasteiger partial charge in [-0.1, -0.05) is 18.2 Å². The molecule has 2 aromatic rings. The predicted octanol–water partition coefficient (Wildman–Crippen LogP) is 4.54. The largest absolute Gasteiger partial charge is 0.493 e. The van der Waals surface area contributed by atoms with Crippen LogP contribution < -0.4 is 9.47 Å². The van der Waals surface area contributed by atoms with E-state index in [1.54, 1.807) is 38.5 Å². The van der Waals surface area contributed by atoms with Crippen LogP contribution in [0.4, 0.5) is 0 Å². The van der Waals surface area contributed by atoms with E-state index in [2.05, 4.69) is 26.0 Å². The molecule has 26 heavy (non-hydrogen) atoms. The Labute approximate surface area is 155 Å². The Morgan fingerprint density at radius 1 is 0.923 bits per heavy atom. The smallest absolute Gasteiger partial charge is 0.185 e. The summed E-state index contributed by atoms with van der Waals surface area (Å²) in [5, 5.41) is 0. The second kappa shape index (κ2) is 9.20. The van der Waals surface area contributed by atoms with Crippen molar-refractivity contribution in [1.29, 1.82) is 0 Å². The van der Waals surface area contributed by atoms with Gasteiger partial charge in [-0.3, -0.25) is 4.79 Å². The van der Waals surface area contributed by atoms with Crippen LogP contribution in [-0.4, -0.2) is 33.2 Å². The quantitative estimate of drug-likeness (QED) is 0.396. The first-order valence-corrected chi connectivity index (χ1v) is 8.56. The van der Waals surface area contributed by atoms with Gasteiger partial charge in [-0.05, 0) is 67.3 Å². The molecule has 0 spiro atoms. The standard InChI is InChI=1S/C22H26O4/c1-15-12-17(3)18(13-16(15)2)6-8-20(23)19-7-9-21(22(14-19)25-5)26-11-10-24-4/h6-9,12-14H,10-11H2,1-5H3/b8-6+. The molecule has 0 atom stereocenters. The highest BCUT2D eigenvalue weighted by Gasteiger charge is 2.10. The van der Waals surface area contributed by atoms with Crippen molar-refractivity contribution in [3.8, 4) is 11.5 Å². The number of ether oxygens (including phenoxy) is 3. The van der Waals surface area contributed by atoms with Crippen molar-refractivity contribution in [1.82, 2.24) is 0 Å². The molecule has 0 aromatic heterocycles. The van der Waals surface area contributed by atoms with E-state index in [-0.39, 0.29) is 5.78 Å². The number of hydrogen-bond donors (Lipinski definition) is 0. The molecule has 2 rings (SSSR count). The molecule has 0 amide bonds. The Balaban J connectivity index is 2.17. The van der Waals surface area contributed by atoms with Crippen molar-refractivity contribution in [3.05, 3.63) is 64.2 Å². The zero-order valence-corrected chi connectivity index (χ0v) is 16.1. The first-order chi connectivity index (χ1) is 12.5. The third-order valence-electron chi connectivity index (χ3n) is 4.29. The average Bonchev–Trinajstić information content (AvgIpc) is 2.63. The zero-order chi connectivity index (χ0) is 19.1. The maximum atomic E-state index is 12.5. The number of allylic oxidation sites excluding steroid dienone is 1. The summed E-state index contributed by atoms with van der Waals surface area (Å²) in [6.45, 7) is 7.12. The summed E-state index contributed by atoms with van der Waals surface area (Å²) in [4.78, 5) is 12.5. The number of carbonyl (C=O) groups excluding carboxylic acids is 1. The maximum Gasteiger partial charge on any atom is 0.185 e. The average molecular weight is 354 g/mol. The lowest BCUT2D eigenvalue weighted by molar-refractivity contribution is 0.104. The summed E-state index contributed by atoms with van der Waals surface area (Å²) in [6, 6.07) is 9.42. The van der Waals surface area contributed by atoms with Crippen molar-refractivity contribution in [2.45, 2.75) is 20.8 Å². The van der Waals surface area contributed by atoms with Crippen LogP contribution in [0.15, 0.2) is 36.4 Å². The van der Waals surface area contributed by atoms with Gasteiger partial charge in [0, 0.05) is 12.7 Å².